The normalized spacial score (nSPS) is 14.4. The molecule has 0 atom stereocenters. The van der Waals surface area contributed by atoms with Crippen LogP contribution in [-0.2, 0) is 19.9 Å². The van der Waals surface area contributed by atoms with Crippen molar-refractivity contribution in [1.82, 2.24) is 0 Å². The molecule has 28 heavy (non-hydrogen) atoms. The first-order chi connectivity index (χ1) is 13.2. The summed E-state index contributed by atoms with van der Waals surface area (Å²) in [5.41, 5.74) is 4.85. The van der Waals surface area contributed by atoms with Gasteiger partial charge in [0.05, 0.1) is 34.2 Å². The lowest BCUT2D eigenvalue weighted by Crippen LogP contribution is -2.48. The molecule has 2 aromatic rings. The summed E-state index contributed by atoms with van der Waals surface area (Å²) in [5.74, 6) is 0.0948. The molecule has 0 radical (unpaired) electrons. The zero-order valence-electron chi connectivity index (χ0n) is 16.6. The van der Waals surface area contributed by atoms with Crippen molar-refractivity contribution in [3.05, 3.63) is 32.0 Å². The van der Waals surface area contributed by atoms with Crippen molar-refractivity contribution in [3.63, 3.8) is 0 Å². The quantitative estimate of drug-likeness (QED) is 0.330. The third-order valence-corrected chi connectivity index (χ3v) is 9.09. The molecule has 8 heteroatoms. The minimum atomic E-state index is -0.496. The Labute approximate surface area is 182 Å². The van der Waals surface area contributed by atoms with E-state index in [0.29, 0.717) is 6.61 Å². The molecule has 150 valence electrons. The van der Waals surface area contributed by atoms with Crippen LogP contribution in [-0.4, -0.2) is 30.0 Å². The van der Waals surface area contributed by atoms with Gasteiger partial charge in [-0.15, -0.1) is 11.8 Å². The Morgan fingerprint density at radius 1 is 1.18 bits per heavy atom. The van der Waals surface area contributed by atoms with E-state index in [4.69, 9.17) is 17.0 Å². The van der Waals surface area contributed by atoms with Crippen LogP contribution in [0.2, 0.25) is 0 Å². The number of ether oxygens (including phenoxy) is 1. The maximum atomic E-state index is 13.3. The summed E-state index contributed by atoms with van der Waals surface area (Å²) in [5, 5.41) is 0. The van der Waals surface area contributed by atoms with Gasteiger partial charge in [-0.25, -0.2) is 0 Å². The Morgan fingerprint density at radius 3 is 2.54 bits per heavy atom. The number of anilines is 1. The minimum Gasteiger partial charge on any atom is -0.465 e. The molecule has 1 aromatic carbocycles. The number of carbonyl (C=O) groups excluding carboxylic acids is 2. The van der Waals surface area contributed by atoms with Crippen LogP contribution in [0.25, 0.3) is 11.1 Å². The fourth-order valence-corrected chi connectivity index (χ4v) is 7.36. The van der Waals surface area contributed by atoms with Crippen molar-refractivity contribution in [2.24, 2.45) is 0 Å². The Kier molecular flexibility index (Phi) is 6.34. The molecule has 3 rings (SSSR count). The van der Waals surface area contributed by atoms with Crippen LogP contribution in [0.1, 0.15) is 36.8 Å². The maximum Gasteiger partial charge on any atom is 0.315 e. The lowest BCUT2D eigenvalue weighted by molar-refractivity contribution is -0.139. The van der Waals surface area contributed by atoms with E-state index < -0.39 is 5.54 Å². The monoisotopic (exact) mass is 453 g/mol. The van der Waals surface area contributed by atoms with Crippen LogP contribution in [0, 0.1) is 17.7 Å². The first-order valence-electron chi connectivity index (χ1n) is 9.00. The second kappa shape index (κ2) is 8.26. The van der Waals surface area contributed by atoms with Gasteiger partial charge in [0.25, 0.3) is 0 Å². The molecule has 0 N–H and O–H groups in total. The molecule has 4 nitrogen and oxygen atoms in total. The number of aryl methyl sites for hydroxylation is 2. The van der Waals surface area contributed by atoms with Crippen molar-refractivity contribution in [2.75, 3.05) is 23.0 Å². The van der Waals surface area contributed by atoms with Crippen LogP contribution in [0.15, 0.2) is 12.1 Å². The molecule has 1 aliphatic heterocycles. The molecule has 1 aliphatic rings. The van der Waals surface area contributed by atoms with Gasteiger partial charge < -0.3 is 9.64 Å². The minimum absolute atomic E-state index is 0.0150. The molecule has 0 aliphatic carbocycles. The fourth-order valence-electron chi connectivity index (χ4n) is 3.42. The highest BCUT2D eigenvalue weighted by Gasteiger charge is 2.42. The van der Waals surface area contributed by atoms with Crippen molar-refractivity contribution in [1.29, 1.82) is 0 Å². The highest BCUT2D eigenvalue weighted by Crippen LogP contribution is 2.52. The van der Waals surface area contributed by atoms with Crippen molar-refractivity contribution >= 4 is 62.2 Å². The Hall–Kier alpha value is -1.22. The van der Waals surface area contributed by atoms with Crippen LogP contribution >= 0.6 is 44.7 Å². The van der Waals surface area contributed by atoms with E-state index in [0.717, 1.165) is 31.1 Å². The Morgan fingerprint density at radius 2 is 1.86 bits per heavy atom. The highest BCUT2D eigenvalue weighted by molar-refractivity contribution is 8.00. The van der Waals surface area contributed by atoms with Gasteiger partial charge in [0.15, 0.2) is 0 Å². The van der Waals surface area contributed by atoms with E-state index in [1.165, 1.54) is 17.3 Å². The molecule has 1 aromatic heterocycles. The molecule has 0 unspecified atom stereocenters. The zero-order valence-corrected chi connectivity index (χ0v) is 19.8. The smallest absolute Gasteiger partial charge is 0.315 e. The SMILES string of the molecule is CCOC(=O)CSCC(=O)N1c2cc(C)c(C)cc2-c2c(ssc2=S)C1(C)C. The molecule has 2 heterocycles. The fraction of sp³-hybridized carbons (Fsp3) is 0.450. The van der Waals surface area contributed by atoms with E-state index in [-0.39, 0.29) is 23.4 Å². The maximum absolute atomic E-state index is 13.3. The molecule has 1 amide bonds. The van der Waals surface area contributed by atoms with E-state index in [1.807, 2.05) is 4.90 Å². The van der Waals surface area contributed by atoms with Crippen LogP contribution in [0.5, 0.6) is 0 Å². The number of benzene rings is 1. The summed E-state index contributed by atoms with van der Waals surface area (Å²) in [6.07, 6.45) is 0. The van der Waals surface area contributed by atoms with Gasteiger partial charge in [-0.3, -0.25) is 9.59 Å². The predicted octanol–water partition coefficient (Wildman–Crippen LogP) is 5.70. The number of amides is 1. The average molecular weight is 454 g/mol. The van der Waals surface area contributed by atoms with Crippen molar-refractivity contribution < 1.29 is 14.3 Å². The number of fused-ring (bicyclic) bond motifs is 3. The number of thioether (sulfide) groups is 1. The molecule has 0 bridgehead atoms. The summed E-state index contributed by atoms with van der Waals surface area (Å²) < 4.78 is 5.83. The first kappa shape index (κ1) is 21.5. The predicted molar refractivity (Wildman–Crippen MR) is 122 cm³/mol. The number of nitrogens with zero attached hydrogens (tertiary/aromatic N) is 1. The average Bonchev–Trinajstić information content (AvgIpc) is 3.00. The van der Waals surface area contributed by atoms with Crippen LogP contribution in [0.3, 0.4) is 0 Å². The van der Waals surface area contributed by atoms with Gasteiger partial charge in [0, 0.05) is 11.1 Å². The molecular formula is C20H23NO3S4. The van der Waals surface area contributed by atoms with E-state index in [1.54, 1.807) is 27.6 Å². The van der Waals surface area contributed by atoms with E-state index in [9.17, 15) is 9.59 Å². The number of carbonyl (C=O) groups is 2. The van der Waals surface area contributed by atoms with Gasteiger partial charge >= 0.3 is 5.97 Å². The largest absolute Gasteiger partial charge is 0.465 e. The molecule has 0 saturated heterocycles. The topological polar surface area (TPSA) is 46.6 Å². The Bertz CT molecular complexity index is 990. The summed E-state index contributed by atoms with van der Waals surface area (Å²) >= 11 is 6.92. The second-order valence-corrected chi connectivity index (χ2v) is 11.0. The lowest BCUT2D eigenvalue weighted by atomic mass is 9.86. The van der Waals surface area contributed by atoms with Crippen LogP contribution in [0.4, 0.5) is 5.69 Å². The third-order valence-electron chi connectivity index (χ3n) is 4.87. The number of hydrogen-bond donors (Lipinski definition) is 0. The molecule has 0 saturated carbocycles. The van der Waals surface area contributed by atoms with Gasteiger partial charge in [0.2, 0.25) is 5.91 Å². The number of esters is 1. The van der Waals surface area contributed by atoms with Gasteiger partial charge in [-0.05, 0) is 57.9 Å². The first-order valence-corrected chi connectivity index (χ1v) is 12.7. The highest BCUT2D eigenvalue weighted by atomic mass is 32.9. The Balaban J connectivity index is 2.00. The molecular weight excluding hydrogens is 430 g/mol. The summed E-state index contributed by atoms with van der Waals surface area (Å²) in [4.78, 5) is 27.9. The third kappa shape index (κ3) is 3.79. The summed E-state index contributed by atoms with van der Waals surface area (Å²) in [7, 11) is 3.24. The molecule has 0 spiro atoms. The van der Waals surface area contributed by atoms with Crippen LogP contribution < -0.4 is 4.90 Å². The van der Waals surface area contributed by atoms with E-state index >= 15 is 0 Å². The second-order valence-electron chi connectivity index (χ2n) is 7.20. The standard InChI is InChI=1S/C20H23NO3S4/c1-6-24-16(23)10-26-9-15(22)21-14-8-12(3)11(2)7-13(14)17-18(20(21,4)5)27-28-19(17)25/h7-8H,6,9-10H2,1-5H3. The van der Waals surface area contributed by atoms with Crippen molar-refractivity contribution in [3.8, 4) is 11.1 Å². The molecule has 0 fully saturated rings. The summed E-state index contributed by atoms with van der Waals surface area (Å²) in [6, 6.07) is 4.22. The number of hydrogen-bond acceptors (Lipinski definition) is 7. The summed E-state index contributed by atoms with van der Waals surface area (Å²) in [6.45, 7) is 10.4. The number of rotatable bonds is 5. The van der Waals surface area contributed by atoms with E-state index in [2.05, 4.69) is 39.8 Å². The zero-order chi connectivity index (χ0) is 20.6. The van der Waals surface area contributed by atoms with Crippen molar-refractivity contribution in [2.45, 2.75) is 40.2 Å². The lowest BCUT2D eigenvalue weighted by Gasteiger charge is -2.43. The van der Waals surface area contributed by atoms with Gasteiger partial charge in [0.1, 0.15) is 3.82 Å². The van der Waals surface area contributed by atoms with Gasteiger partial charge in [-0.1, -0.05) is 32.9 Å². The van der Waals surface area contributed by atoms with Gasteiger partial charge in [-0.2, -0.15) is 0 Å².